The molecule has 0 aliphatic heterocycles. The molecule has 2 amide bonds. The second-order valence-electron chi connectivity index (χ2n) is 5.53. The van der Waals surface area contributed by atoms with Crippen molar-refractivity contribution in [3.63, 3.8) is 0 Å². The lowest BCUT2D eigenvalue weighted by molar-refractivity contribution is -0.122. The molecule has 7 heteroatoms. The van der Waals surface area contributed by atoms with Crippen molar-refractivity contribution in [2.75, 3.05) is 18.0 Å². The van der Waals surface area contributed by atoms with Gasteiger partial charge in [-0.05, 0) is 23.8 Å². The molecule has 0 saturated heterocycles. The van der Waals surface area contributed by atoms with E-state index in [1.165, 1.54) is 11.8 Å². The lowest BCUT2D eigenvalue weighted by atomic mass is 10.1. The minimum Gasteiger partial charge on any atom is -0.399 e. The second-order valence-corrected chi connectivity index (χ2v) is 6.56. The van der Waals surface area contributed by atoms with Gasteiger partial charge in [0.1, 0.15) is 12.6 Å². The summed E-state index contributed by atoms with van der Waals surface area (Å²) in [5.74, 6) is 0.344. The average Bonchev–Trinajstić information content (AvgIpc) is 2.66. The minimum absolute atomic E-state index is 0.104. The molecular formula is C19H20N4O2S. The van der Waals surface area contributed by atoms with Gasteiger partial charge < -0.3 is 16.4 Å². The zero-order valence-electron chi connectivity index (χ0n) is 14.1. The lowest BCUT2D eigenvalue weighted by Crippen LogP contribution is -2.48. The number of anilines is 1. The Kier molecular flexibility index (Phi) is 7.52. The van der Waals surface area contributed by atoms with E-state index in [1.54, 1.807) is 24.3 Å². The van der Waals surface area contributed by atoms with E-state index in [0.29, 0.717) is 17.0 Å². The number of rotatable bonds is 8. The summed E-state index contributed by atoms with van der Waals surface area (Å²) in [5, 5.41) is 13.9. The summed E-state index contributed by atoms with van der Waals surface area (Å²) < 4.78 is 0. The van der Waals surface area contributed by atoms with Gasteiger partial charge in [-0.25, -0.2) is 0 Å². The molecule has 0 unspecified atom stereocenters. The third-order valence-electron chi connectivity index (χ3n) is 3.51. The van der Waals surface area contributed by atoms with Crippen LogP contribution in [0, 0.1) is 11.3 Å². The molecule has 0 spiro atoms. The third-order valence-corrected chi connectivity index (χ3v) is 4.61. The zero-order chi connectivity index (χ0) is 18.8. The number of amides is 2. The van der Waals surface area contributed by atoms with Gasteiger partial charge in [-0.15, -0.1) is 0 Å². The first-order chi connectivity index (χ1) is 12.6. The van der Waals surface area contributed by atoms with Gasteiger partial charge in [0, 0.05) is 22.8 Å². The van der Waals surface area contributed by atoms with Gasteiger partial charge in [0.25, 0.3) is 5.91 Å². The topological polar surface area (TPSA) is 108 Å². The highest BCUT2D eigenvalue weighted by molar-refractivity contribution is 7.98. The Morgan fingerprint density at radius 1 is 1.15 bits per heavy atom. The fraction of sp³-hybridized carbons (Fsp3) is 0.211. The maximum atomic E-state index is 12.4. The van der Waals surface area contributed by atoms with Crippen LogP contribution in [0.1, 0.15) is 15.9 Å². The molecule has 0 radical (unpaired) electrons. The SMILES string of the molecule is N#CCNC(=O)[C@H](CSCc1ccccc1)NC(=O)c1cccc(N)c1. The predicted octanol–water partition coefficient (Wildman–Crippen LogP) is 1.94. The number of thioether (sulfide) groups is 1. The van der Waals surface area contributed by atoms with Gasteiger partial charge in [-0.1, -0.05) is 36.4 Å². The van der Waals surface area contributed by atoms with Crippen LogP contribution >= 0.6 is 11.8 Å². The van der Waals surface area contributed by atoms with Crippen molar-refractivity contribution in [3.8, 4) is 6.07 Å². The van der Waals surface area contributed by atoms with Crippen molar-refractivity contribution >= 4 is 29.3 Å². The van der Waals surface area contributed by atoms with Gasteiger partial charge in [0.15, 0.2) is 0 Å². The van der Waals surface area contributed by atoms with E-state index in [4.69, 9.17) is 11.0 Å². The summed E-state index contributed by atoms with van der Waals surface area (Å²) in [5.41, 5.74) is 7.69. The summed E-state index contributed by atoms with van der Waals surface area (Å²) in [7, 11) is 0. The van der Waals surface area contributed by atoms with Crippen molar-refractivity contribution < 1.29 is 9.59 Å². The second kappa shape index (κ2) is 10.1. The van der Waals surface area contributed by atoms with Crippen LogP contribution in [-0.4, -0.2) is 30.2 Å². The number of hydrogen-bond acceptors (Lipinski definition) is 5. The van der Waals surface area contributed by atoms with Gasteiger partial charge in [0.2, 0.25) is 5.91 Å². The van der Waals surface area contributed by atoms with Crippen LogP contribution in [0.25, 0.3) is 0 Å². The molecule has 0 heterocycles. The molecule has 0 saturated carbocycles. The van der Waals surface area contributed by atoms with E-state index in [-0.39, 0.29) is 18.4 Å². The van der Waals surface area contributed by atoms with Gasteiger partial charge >= 0.3 is 0 Å². The quantitative estimate of drug-likeness (QED) is 0.487. The van der Waals surface area contributed by atoms with E-state index in [2.05, 4.69) is 10.6 Å². The Morgan fingerprint density at radius 3 is 2.62 bits per heavy atom. The molecule has 2 aromatic rings. The number of carbonyl (C=O) groups excluding carboxylic acids is 2. The highest BCUT2D eigenvalue weighted by Crippen LogP contribution is 2.14. The Bertz CT molecular complexity index is 790. The maximum absolute atomic E-state index is 12.4. The largest absolute Gasteiger partial charge is 0.399 e. The van der Waals surface area contributed by atoms with Gasteiger partial charge in [0.05, 0.1) is 6.07 Å². The number of nitrogen functional groups attached to an aromatic ring is 1. The standard InChI is InChI=1S/C19H20N4O2S/c20-9-10-22-19(25)17(13-26-12-14-5-2-1-3-6-14)23-18(24)15-7-4-8-16(21)11-15/h1-8,11,17H,10,12-13,21H2,(H,22,25)(H,23,24)/t17-/m0/s1. The molecule has 2 rings (SSSR count). The number of nitrogens with zero attached hydrogens (tertiary/aromatic N) is 1. The van der Waals surface area contributed by atoms with Crippen LogP contribution < -0.4 is 16.4 Å². The van der Waals surface area contributed by atoms with Crippen molar-refractivity contribution in [2.45, 2.75) is 11.8 Å². The Labute approximate surface area is 156 Å². The van der Waals surface area contributed by atoms with E-state index >= 15 is 0 Å². The molecule has 2 aromatic carbocycles. The number of nitrogens with one attached hydrogen (secondary N) is 2. The maximum Gasteiger partial charge on any atom is 0.252 e. The molecule has 0 bridgehead atoms. The fourth-order valence-electron chi connectivity index (χ4n) is 2.22. The van der Waals surface area contributed by atoms with Crippen LogP contribution in [0.5, 0.6) is 0 Å². The molecule has 4 N–H and O–H groups in total. The molecule has 1 atom stereocenters. The van der Waals surface area contributed by atoms with Crippen molar-refractivity contribution in [2.24, 2.45) is 0 Å². The van der Waals surface area contributed by atoms with Crippen LogP contribution in [0.4, 0.5) is 5.69 Å². The third kappa shape index (κ3) is 6.15. The van der Waals surface area contributed by atoms with Crippen molar-refractivity contribution in [1.29, 1.82) is 5.26 Å². The minimum atomic E-state index is -0.744. The molecular weight excluding hydrogens is 348 g/mol. The summed E-state index contributed by atoms with van der Waals surface area (Å²) in [6.45, 7) is -0.104. The smallest absolute Gasteiger partial charge is 0.252 e. The molecule has 134 valence electrons. The molecule has 26 heavy (non-hydrogen) atoms. The van der Waals surface area contributed by atoms with Crippen molar-refractivity contribution in [3.05, 3.63) is 65.7 Å². The average molecular weight is 368 g/mol. The summed E-state index contributed by atoms with van der Waals surface area (Å²) in [6, 6.07) is 17.5. The first-order valence-corrected chi connectivity index (χ1v) is 9.18. The lowest BCUT2D eigenvalue weighted by Gasteiger charge is -2.17. The zero-order valence-corrected chi connectivity index (χ0v) is 15.0. The Hall–Kier alpha value is -2.98. The summed E-state index contributed by atoms with van der Waals surface area (Å²) >= 11 is 1.53. The number of nitrogens with two attached hydrogens (primary N) is 1. The number of nitriles is 1. The summed E-state index contributed by atoms with van der Waals surface area (Å²) in [6.07, 6.45) is 0. The molecule has 0 fully saturated rings. The van der Waals surface area contributed by atoms with Crippen LogP contribution in [0.15, 0.2) is 54.6 Å². The molecule has 0 aliphatic carbocycles. The molecule has 6 nitrogen and oxygen atoms in total. The van der Waals surface area contributed by atoms with Gasteiger partial charge in [-0.3, -0.25) is 9.59 Å². The highest BCUT2D eigenvalue weighted by Gasteiger charge is 2.21. The van der Waals surface area contributed by atoms with E-state index in [9.17, 15) is 9.59 Å². The monoisotopic (exact) mass is 368 g/mol. The summed E-state index contributed by atoms with van der Waals surface area (Å²) in [4.78, 5) is 24.7. The van der Waals surface area contributed by atoms with Crippen LogP contribution in [0.3, 0.4) is 0 Å². The number of benzene rings is 2. The highest BCUT2D eigenvalue weighted by atomic mass is 32.2. The fourth-order valence-corrected chi connectivity index (χ4v) is 3.24. The van der Waals surface area contributed by atoms with Crippen LogP contribution in [0.2, 0.25) is 0 Å². The van der Waals surface area contributed by atoms with Gasteiger partial charge in [-0.2, -0.15) is 17.0 Å². The van der Waals surface area contributed by atoms with E-state index < -0.39 is 6.04 Å². The first kappa shape index (κ1) is 19.3. The normalized spacial score (nSPS) is 11.2. The first-order valence-electron chi connectivity index (χ1n) is 8.03. The molecule has 0 aromatic heterocycles. The van der Waals surface area contributed by atoms with E-state index in [0.717, 1.165) is 11.3 Å². The number of hydrogen-bond donors (Lipinski definition) is 3. The van der Waals surface area contributed by atoms with Crippen LogP contribution in [-0.2, 0) is 10.5 Å². The number of carbonyl (C=O) groups is 2. The van der Waals surface area contributed by atoms with E-state index in [1.807, 2.05) is 36.4 Å². The Morgan fingerprint density at radius 2 is 1.92 bits per heavy atom. The Balaban J connectivity index is 1.99. The molecule has 0 aliphatic rings. The predicted molar refractivity (Wildman–Crippen MR) is 103 cm³/mol. The van der Waals surface area contributed by atoms with Crippen molar-refractivity contribution in [1.82, 2.24) is 10.6 Å².